The zero-order chi connectivity index (χ0) is 12.0. The summed E-state index contributed by atoms with van der Waals surface area (Å²) in [5.41, 5.74) is 0. The lowest BCUT2D eigenvalue weighted by Crippen LogP contribution is -2.38. The Balaban J connectivity index is 2.30. The van der Waals surface area contributed by atoms with Crippen molar-refractivity contribution in [3.8, 4) is 0 Å². The van der Waals surface area contributed by atoms with E-state index in [1.807, 2.05) is 0 Å². The smallest absolute Gasteiger partial charge is 0.306 e. The summed E-state index contributed by atoms with van der Waals surface area (Å²) >= 11 is 0. The van der Waals surface area contributed by atoms with Crippen LogP contribution in [0.5, 0.6) is 0 Å². The minimum Gasteiger partial charge on any atom is -0.481 e. The van der Waals surface area contributed by atoms with Crippen molar-refractivity contribution in [3.05, 3.63) is 0 Å². The minimum atomic E-state index is -0.758. The maximum atomic E-state index is 11.0. The lowest BCUT2D eigenvalue weighted by Gasteiger charge is -2.28. The van der Waals surface area contributed by atoms with E-state index in [1.165, 1.54) is 0 Å². The first kappa shape index (κ1) is 13.4. The summed E-state index contributed by atoms with van der Waals surface area (Å²) in [4.78, 5) is 11.0. The molecular weight excluding hydrogens is 210 g/mol. The molecule has 0 spiro atoms. The maximum absolute atomic E-state index is 11.0. The van der Waals surface area contributed by atoms with Gasteiger partial charge < -0.3 is 20.6 Å². The standard InChI is InChI=1S/C11H21NO4/c13-7-9(14)6-12-5-8-3-1-2-4-10(8)11(15)16/h8-10,12-14H,1-7H2,(H,15,16). The molecule has 1 aliphatic carbocycles. The van der Waals surface area contributed by atoms with Crippen LogP contribution in [-0.2, 0) is 4.79 Å². The average Bonchev–Trinajstić information content (AvgIpc) is 2.29. The second kappa shape index (κ2) is 6.83. The van der Waals surface area contributed by atoms with Crippen LogP contribution in [0.25, 0.3) is 0 Å². The molecular formula is C11H21NO4. The monoisotopic (exact) mass is 231 g/mol. The molecule has 0 heterocycles. The van der Waals surface area contributed by atoms with Crippen LogP contribution in [0, 0.1) is 11.8 Å². The molecule has 3 atom stereocenters. The Labute approximate surface area is 95.5 Å². The molecule has 0 amide bonds. The van der Waals surface area contributed by atoms with Crippen LogP contribution in [0.4, 0.5) is 0 Å². The van der Waals surface area contributed by atoms with Crippen molar-refractivity contribution in [2.45, 2.75) is 31.8 Å². The molecule has 1 saturated carbocycles. The number of hydrogen-bond donors (Lipinski definition) is 4. The number of carboxylic acids is 1. The second-order valence-electron chi connectivity index (χ2n) is 4.48. The van der Waals surface area contributed by atoms with E-state index in [4.69, 9.17) is 15.3 Å². The number of aliphatic hydroxyl groups excluding tert-OH is 2. The highest BCUT2D eigenvalue weighted by atomic mass is 16.4. The van der Waals surface area contributed by atoms with E-state index >= 15 is 0 Å². The lowest BCUT2D eigenvalue weighted by molar-refractivity contribution is -0.144. The topological polar surface area (TPSA) is 89.8 Å². The summed E-state index contributed by atoms with van der Waals surface area (Å²) in [6.45, 7) is 0.660. The Bertz CT molecular complexity index is 222. The Hall–Kier alpha value is -0.650. The lowest BCUT2D eigenvalue weighted by atomic mass is 9.79. The molecule has 1 fully saturated rings. The van der Waals surface area contributed by atoms with Gasteiger partial charge in [0.15, 0.2) is 0 Å². The van der Waals surface area contributed by atoms with Crippen molar-refractivity contribution in [3.63, 3.8) is 0 Å². The van der Waals surface area contributed by atoms with E-state index in [2.05, 4.69) is 5.32 Å². The van der Waals surface area contributed by atoms with E-state index in [9.17, 15) is 4.79 Å². The van der Waals surface area contributed by atoms with Crippen LogP contribution in [-0.4, -0.2) is 47.1 Å². The Morgan fingerprint density at radius 1 is 1.38 bits per heavy atom. The molecule has 1 aliphatic rings. The summed E-state index contributed by atoms with van der Waals surface area (Å²) in [5.74, 6) is -0.820. The van der Waals surface area contributed by atoms with Gasteiger partial charge in [-0.2, -0.15) is 0 Å². The van der Waals surface area contributed by atoms with E-state index in [0.717, 1.165) is 25.7 Å². The van der Waals surface area contributed by atoms with Gasteiger partial charge in [0.05, 0.1) is 18.6 Å². The van der Waals surface area contributed by atoms with Crippen LogP contribution < -0.4 is 5.32 Å². The van der Waals surface area contributed by atoms with E-state index in [0.29, 0.717) is 13.1 Å². The van der Waals surface area contributed by atoms with Crippen molar-refractivity contribution in [1.82, 2.24) is 5.32 Å². The van der Waals surface area contributed by atoms with Gasteiger partial charge in [-0.1, -0.05) is 12.8 Å². The first-order chi connectivity index (χ1) is 7.65. The van der Waals surface area contributed by atoms with Crippen LogP contribution in [0.2, 0.25) is 0 Å². The summed E-state index contributed by atoms with van der Waals surface area (Å²) in [6, 6.07) is 0. The molecule has 0 aliphatic heterocycles. The zero-order valence-corrected chi connectivity index (χ0v) is 9.43. The SMILES string of the molecule is O=C(O)C1CCCCC1CNCC(O)CO. The van der Waals surface area contributed by atoms with Crippen LogP contribution in [0.1, 0.15) is 25.7 Å². The molecule has 3 unspecified atom stereocenters. The molecule has 0 saturated heterocycles. The molecule has 5 nitrogen and oxygen atoms in total. The van der Waals surface area contributed by atoms with Gasteiger partial charge in [0.2, 0.25) is 0 Å². The number of rotatable bonds is 6. The van der Waals surface area contributed by atoms with E-state index in [1.54, 1.807) is 0 Å². The van der Waals surface area contributed by atoms with Gasteiger partial charge >= 0.3 is 5.97 Å². The average molecular weight is 231 g/mol. The van der Waals surface area contributed by atoms with Crippen LogP contribution in [0.3, 0.4) is 0 Å². The third-order valence-corrected chi connectivity index (χ3v) is 3.22. The van der Waals surface area contributed by atoms with Gasteiger partial charge in [-0.15, -0.1) is 0 Å². The molecule has 0 radical (unpaired) electrons. The van der Waals surface area contributed by atoms with Crippen LogP contribution in [0.15, 0.2) is 0 Å². The molecule has 0 aromatic carbocycles. The Morgan fingerprint density at radius 2 is 2.06 bits per heavy atom. The Kier molecular flexibility index (Phi) is 5.73. The first-order valence-corrected chi connectivity index (χ1v) is 5.87. The first-order valence-electron chi connectivity index (χ1n) is 5.87. The van der Waals surface area contributed by atoms with Gasteiger partial charge in [0.25, 0.3) is 0 Å². The largest absolute Gasteiger partial charge is 0.481 e. The third kappa shape index (κ3) is 4.08. The zero-order valence-electron chi connectivity index (χ0n) is 9.43. The second-order valence-corrected chi connectivity index (χ2v) is 4.48. The molecule has 0 aromatic heterocycles. The van der Waals surface area contributed by atoms with Crippen molar-refractivity contribution in [1.29, 1.82) is 0 Å². The van der Waals surface area contributed by atoms with E-state index < -0.39 is 12.1 Å². The highest BCUT2D eigenvalue weighted by Crippen LogP contribution is 2.29. The number of nitrogens with one attached hydrogen (secondary N) is 1. The van der Waals surface area contributed by atoms with E-state index in [-0.39, 0.29) is 18.4 Å². The van der Waals surface area contributed by atoms with Crippen molar-refractivity contribution >= 4 is 5.97 Å². The van der Waals surface area contributed by atoms with Crippen molar-refractivity contribution in [2.75, 3.05) is 19.7 Å². The van der Waals surface area contributed by atoms with Gasteiger partial charge in [-0.3, -0.25) is 4.79 Å². The maximum Gasteiger partial charge on any atom is 0.306 e. The number of aliphatic hydroxyl groups is 2. The normalized spacial score (nSPS) is 27.6. The minimum absolute atomic E-state index is 0.150. The summed E-state index contributed by atoms with van der Waals surface area (Å²) < 4.78 is 0. The molecule has 0 aromatic rings. The number of carbonyl (C=O) groups is 1. The molecule has 0 bridgehead atoms. The molecule has 94 valence electrons. The number of hydrogen-bond acceptors (Lipinski definition) is 4. The summed E-state index contributed by atoms with van der Waals surface area (Å²) in [6.07, 6.45) is 3.00. The van der Waals surface area contributed by atoms with Gasteiger partial charge in [0, 0.05) is 6.54 Å². The predicted molar refractivity (Wildman–Crippen MR) is 59.0 cm³/mol. The summed E-state index contributed by atoms with van der Waals surface area (Å²) in [7, 11) is 0. The molecule has 4 N–H and O–H groups in total. The highest BCUT2D eigenvalue weighted by Gasteiger charge is 2.30. The highest BCUT2D eigenvalue weighted by molar-refractivity contribution is 5.70. The van der Waals surface area contributed by atoms with Crippen molar-refractivity contribution in [2.24, 2.45) is 11.8 Å². The predicted octanol–water partition coefficient (Wildman–Crippen LogP) is -0.180. The third-order valence-electron chi connectivity index (χ3n) is 3.22. The fraction of sp³-hybridized carbons (Fsp3) is 0.909. The van der Waals surface area contributed by atoms with Crippen molar-refractivity contribution < 1.29 is 20.1 Å². The molecule has 5 heteroatoms. The number of aliphatic carboxylic acids is 1. The van der Waals surface area contributed by atoms with Crippen LogP contribution >= 0.6 is 0 Å². The fourth-order valence-electron chi connectivity index (χ4n) is 2.28. The quantitative estimate of drug-likeness (QED) is 0.509. The van der Waals surface area contributed by atoms with Gasteiger partial charge in [0.1, 0.15) is 0 Å². The Morgan fingerprint density at radius 3 is 2.69 bits per heavy atom. The fourth-order valence-corrected chi connectivity index (χ4v) is 2.28. The number of carboxylic acid groups (broad SMARTS) is 1. The molecule has 1 rings (SSSR count). The van der Waals surface area contributed by atoms with Gasteiger partial charge in [-0.25, -0.2) is 0 Å². The van der Waals surface area contributed by atoms with Gasteiger partial charge in [-0.05, 0) is 25.3 Å². The molecule has 16 heavy (non-hydrogen) atoms. The summed E-state index contributed by atoms with van der Waals surface area (Å²) in [5, 5.41) is 29.8.